The number of hydrogen-bond acceptors (Lipinski definition) is 8. The minimum atomic E-state index is -0.471. The molecule has 3 aliphatic rings. The van der Waals surface area contributed by atoms with Gasteiger partial charge >= 0.3 is 12.0 Å². The van der Waals surface area contributed by atoms with Crippen LogP contribution in [0.3, 0.4) is 0 Å². The fourth-order valence-electron chi connectivity index (χ4n) is 6.90. The van der Waals surface area contributed by atoms with Crippen molar-refractivity contribution < 1.29 is 19.8 Å². The second-order valence-corrected chi connectivity index (χ2v) is 11.5. The Labute approximate surface area is 238 Å². The molecule has 0 saturated carbocycles. The van der Waals surface area contributed by atoms with E-state index in [0.717, 1.165) is 70.8 Å². The molecule has 0 aliphatic carbocycles. The third-order valence-corrected chi connectivity index (χ3v) is 9.00. The molecule has 2 unspecified atom stereocenters. The lowest BCUT2D eigenvalue weighted by Crippen LogP contribution is -2.57. The number of urea groups is 1. The van der Waals surface area contributed by atoms with Crippen LogP contribution in [0.4, 0.5) is 10.6 Å². The van der Waals surface area contributed by atoms with Crippen molar-refractivity contribution in [2.24, 2.45) is 0 Å². The SMILES string of the molecule is CN1CCC[C@H]1COc1nc(N2C3CCC2CN(C(=O)NO)C3)c2ccc(-c3cc(O)cc4ccccc34)cc2n1. The Kier molecular flexibility index (Phi) is 6.51. The number of rotatable bonds is 5. The largest absolute Gasteiger partial charge is 0.508 e. The summed E-state index contributed by atoms with van der Waals surface area (Å²) in [5.74, 6) is 1.03. The monoisotopic (exact) mass is 554 g/mol. The zero-order valence-corrected chi connectivity index (χ0v) is 23.0. The van der Waals surface area contributed by atoms with E-state index in [1.807, 2.05) is 24.3 Å². The van der Waals surface area contributed by atoms with Gasteiger partial charge in [0, 0.05) is 36.6 Å². The molecule has 41 heavy (non-hydrogen) atoms. The van der Waals surface area contributed by atoms with E-state index in [0.29, 0.717) is 31.7 Å². The molecule has 212 valence electrons. The van der Waals surface area contributed by atoms with Crippen molar-refractivity contribution in [2.75, 3.05) is 38.2 Å². The Balaban J connectivity index is 1.31. The van der Waals surface area contributed by atoms with Gasteiger partial charge in [-0.3, -0.25) is 5.21 Å². The third kappa shape index (κ3) is 4.66. The summed E-state index contributed by atoms with van der Waals surface area (Å²) in [7, 11) is 2.12. The topological polar surface area (TPSA) is 114 Å². The Morgan fingerprint density at radius 1 is 1.02 bits per heavy atom. The van der Waals surface area contributed by atoms with Crippen LogP contribution in [0, 0.1) is 0 Å². The fourth-order valence-corrected chi connectivity index (χ4v) is 6.90. The number of nitrogens with zero attached hydrogens (tertiary/aromatic N) is 5. The first-order chi connectivity index (χ1) is 20.0. The summed E-state index contributed by atoms with van der Waals surface area (Å²) < 4.78 is 6.26. The van der Waals surface area contributed by atoms with Crippen LogP contribution in [0.15, 0.2) is 54.6 Å². The molecular formula is C31H34N6O4. The first-order valence-electron chi connectivity index (χ1n) is 14.3. The van der Waals surface area contributed by atoms with Crippen molar-refractivity contribution in [1.29, 1.82) is 0 Å². The number of aromatic nitrogens is 2. The first-order valence-corrected chi connectivity index (χ1v) is 14.3. The average Bonchev–Trinajstić information content (AvgIpc) is 3.52. The van der Waals surface area contributed by atoms with E-state index in [4.69, 9.17) is 14.7 Å². The zero-order valence-electron chi connectivity index (χ0n) is 23.0. The third-order valence-electron chi connectivity index (χ3n) is 9.00. The number of carbonyl (C=O) groups excluding carboxylic acids is 1. The number of ether oxygens (including phenoxy) is 1. The molecule has 10 heteroatoms. The van der Waals surface area contributed by atoms with Gasteiger partial charge in [0.25, 0.3) is 0 Å². The molecule has 0 spiro atoms. The quantitative estimate of drug-likeness (QED) is 0.246. The minimum Gasteiger partial charge on any atom is -0.508 e. The number of amides is 2. The number of fused-ring (bicyclic) bond motifs is 4. The van der Waals surface area contributed by atoms with E-state index < -0.39 is 6.03 Å². The van der Waals surface area contributed by atoms with E-state index in [2.05, 4.69) is 35.0 Å². The second-order valence-electron chi connectivity index (χ2n) is 11.5. The number of anilines is 1. The number of carbonyl (C=O) groups is 1. The van der Waals surface area contributed by atoms with Crippen molar-refractivity contribution in [3.63, 3.8) is 0 Å². The molecular weight excluding hydrogens is 520 g/mol. The number of aromatic hydroxyl groups is 1. The van der Waals surface area contributed by atoms with Gasteiger partial charge in [-0.1, -0.05) is 30.3 Å². The van der Waals surface area contributed by atoms with E-state index in [9.17, 15) is 15.1 Å². The number of piperazine rings is 1. The standard InChI is InChI=1S/C31H34N6O4/c1-35-12-4-6-23(35)18-41-30-32-28-14-20(27-15-24(38)13-19-5-2-3-7-25(19)27)8-11-26(28)29(33-30)37-21-9-10-22(37)17-36(16-21)31(39)34-40/h2-3,5,7-8,11,13-15,21-23,38,40H,4,6,9-10,12,16-18H2,1H3,(H,34,39)/t21?,22?,23-/m0/s1. The average molecular weight is 555 g/mol. The maximum Gasteiger partial charge on any atom is 0.341 e. The van der Waals surface area contributed by atoms with Gasteiger partial charge in [-0.2, -0.15) is 9.97 Å². The maximum atomic E-state index is 12.2. The van der Waals surface area contributed by atoms with Crippen molar-refractivity contribution >= 4 is 33.5 Å². The normalized spacial score (nSPS) is 22.5. The van der Waals surface area contributed by atoms with Crippen LogP contribution in [0.2, 0.25) is 0 Å². The highest BCUT2D eigenvalue weighted by atomic mass is 16.5. The molecule has 2 amide bonds. The molecule has 7 rings (SSSR count). The number of likely N-dealkylation sites (N-methyl/N-ethyl adjacent to an activating group) is 1. The van der Waals surface area contributed by atoms with E-state index in [1.54, 1.807) is 22.5 Å². The van der Waals surface area contributed by atoms with E-state index >= 15 is 0 Å². The number of likely N-dealkylation sites (tertiary alicyclic amines) is 2. The highest BCUT2D eigenvalue weighted by molar-refractivity contribution is 6.01. The predicted octanol–water partition coefficient (Wildman–Crippen LogP) is 4.38. The van der Waals surface area contributed by atoms with Crippen LogP contribution in [0.1, 0.15) is 25.7 Å². The Hall–Kier alpha value is -4.15. The van der Waals surface area contributed by atoms with Gasteiger partial charge in [0.1, 0.15) is 18.2 Å². The zero-order chi connectivity index (χ0) is 28.1. The number of phenols is 1. The lowest BCUT2D eigenvalue weighted by molar-refractivity contribution is 0.121. The maximum absolute atomic E-state index is 12.2. The molecule has 10 nitrogen and oxygen atoms in total. The van der Waals surface area contributed by atoms with Gasteiger partial charge in [-0.25, -0.2) is 10.3 Å². The van der Waals surface area contributed by atoms with Gasteiger partial charge in [-0.05, 0) is 85.4 Å². The lowest BCUT2D eigenvalue weighted by atomic mass is 9.97. The molecule has 3 saturated heterocycles. The number of phenolic OH excluding ortho intramolecular Hbond substituents is 1. The van der Waals surface area contributed by atoms with Crippen LogP contribution in [-0.2, 0) is 0 Å². The number of hydrogen-bond donors (Lipinski definition) is 3. The van der Waals surface area contributed by atoms with Crippen molar-refractivity contribution in [3.8, 4) is 22.9 Å². The smallest absolute Gasteiger partial charge is 0.341 e. The van der Waals surface area contributed by atoms with Crippen LogP contribution in [-0.4, -0.2) is 87.5 Å². The summed E-state index contributed by atoms with van der Waals surface area (Å²) in [4.78, 5) is 28.4. The molecule has 4 heterocycles. The van der Waals surface area contributed by atoms with Gasteiger partial charge in [0.05, 0.1) is 5.52 Å². The van der Waals surface area contributed by atoms with Crippen LogP contribution < -0.4 is 15.1 Å². The highest BCUT2D eigenvalue weighted by Crippen LogP contribution is 2.40. The molecule has 1 aromatic heterocycles. The van der Waals surface area contributed by atoms with Gasteiger partial charge < -0.3 is 24.5 Å². The van der Waals surface area contributed by atoms with Gasteiger partial charge in [0.15, 0.2) is 0 Å². The van der Waals surface area contributed by atoms with E-state index in [1.165, 1.54) is 0 Å². The van der Waals surface area contributed by atoms with Gasteiger partial charge in [0.2, 0.25) is 0 Å². The summed E-state index contributed by atoms with van der Waals surface area (Å²) in [5, 5.41) is 22.6. The Morgan fingerprint density at radius 3 is 2.59 bits per heavy atom. The molecule has 4 aromatic rings. The van der Waals surface area contributed by atoms with Crippen molar-refractivity contribution in [3.05, 3.63) is 54.6 Å². The van der Waals surface area contributed by atoms with Crippen LogP contribution in [0.25, 0.3) is 32.8 Å². The number of nitrogens with one attached hydrogen (secondary N) is 1. The van der Waals surface area contributed by atoms with Crippen molar-refractivity contribution in [1.82, 2.24) is 25.2 Å². The molecule has 3 fully saturated rings. The first kappa shape index (κ1) is 25.8. The summed E-state index contributed by atoms with van der Waals surface area (Å²) in [6.45, 7) is 2.60. The minimum absolute atomic E-state index is 0.0765. The molecule has 0 radical (unpaired) electrons. The fraction of sp³-hybridized carbons (Fsp3) is 0.387. The number of hydroxylamine groups is 1. The summed E-state index contributed by atoms with van der Waals surface area (Å²) in [6.07, 6.45) is 4.11. The number of benzene rings is 3. The predicted molar refractivity (Wildman–Crippen MR) is 156 cm³/mol. The molecule has 3 aromatic carbocycles. The lowest BCUT2D eigenvalue weighted by Gasteiger charge is -2.41. The van der Waals surface area contributed by atoms with Gasteiger partial charge in [-0.15, -0.1) is 0 Å². The van der Waals surface area contributed by atoms with Crippen LogP contribution >= 0.6 is 0 Å². The molecule has 3 aliphatic heterocycles. The van der Waals surface area contributed by atoms with E-state index in [-0.39, 0.29) is 17.8 Å². The summed E-state index contributed by atoms with van der Waals surface area (Å²) in [6, 6.07) is 18.1. The van der Waals surface area contributed by atoms with Crippen LogP contribution in [0.5, 0.6) is 11.8 Å². The molecule has 3 N–H and O–H groups in total. The second kappa shape index (κ2) is 10.4. The highest BCUT2D eigenvalue weighted by Gasteiger charge is 2.43. The molecule has 3 atom stereocenters. The molecule has 2 bridgehead atoms. The van der Waals surface area contributed by atoms with Crippen molar-refractivity contribution in [2.45, 2.75) is 43.8 Å². The summed E-state index contributed by atoms with van der Waals surface area (Å²) >= 11 is 0. The Bertz CT molecular complexity index is 1620. The summed E-state index contributed by atoms with van der Waals surface area (Å²) in [5.41, 5.74) is 4.43. The Morgan fingerprint density at radius 2 is 1.83 bits per heavy atom.